The molecule has 0 unspecified atom stereocenters. The van der Waals surface area contributed by atoms with E-state index in [1.807, 2.05) is 0 Å². The van der Waals surface area contributed by atoms with Gasteiger partial charge in [0.25, 0.3) is 0 Å². The summed E-state index contributed by atoms with van der Waals surface area (Å²) in [6.45, 7) is 3.93. The van der Waals surface area contributed by atoms with E-state index in [1.54, 1.807) is 11.3 Å². The molecule has 3 heteroatoms. The number of hydrogen-bond donors (Lipinski definition) is 0. The molecule has 1 aromatic heterocycles. The summed E-state index contributed by atoms with van der Waals surface area (Å²) in [5.41, 5.74) is 0. The number of ether oxygens (including phenoxy) is 1. The molecule has 0 radical (unpaired) electrons. The van der Waals surface area contributed by atoms with Gasteiger partial charge in [-0.15, -0.1) is 11.3 Å². The van der Waals surface area contributed by atoms with E-state index in [9.17, 15) is 0 Å². The summed E-state index contributed by atoms with van der Waals surface area (Å²) in [5.74, 6) is 0. The third-order valence-electron chi connectivity index (χ3n) is 2.51. The van der Waals surface area contributed by atoms with Crippen LogP contribution in [0.25, 0.3) is 0 Å². The lowest BCUT2D eigenvalue weighted by Crippen LogP contribution is -1.93. The summed E-state index contributed by atoms with van der Waals surface area (Å²) in [6.07, 6.45) is 7.97. The smallest absolute Gasteiger partial charge is 0.0809 e. The summed E-state index contributed by atoms with van der Waals surface area (Å²) < 4.78 is 6.79. The molecule has 0 bridgehead atoms. The molecule has 0 spiro atoms. The summed E-state index contributed by atoms with van der Waals surface area (Å²) in [5, 5.41) is 2.10. The van der Waals surface area contributed by atoms with E-state index in [2.05, 4.69) is 34.3 Å². The van der Waals surface area contributed by atoms with Gasteiger partial charge in [-0.2, -0.15) is 0 Å². The highest BCUT2D eigenvalue weighted by Gasteiger charge is 1.97. The van der Waals surface area contributed by atoms with Gasteiger partial charge < -0.3 is 4.74 Å². The summed E-state index contributed by atoms with van der Waals surface area (Å²) in [7, 11) is 0. The van der Waals surface area contributed by atoms with Crippen molar-refractivity contribution in [3.05, 3.63) is 20.8 Å². The average Bonchev–Trinajstić information content (AvgIpc) is 2.68. The Bertz CT molecular complexity index is 273. The van der Waals surface area contributed by atoms with E-state index in [0.717, 1.165) is 17.7 Å². The molecule has 0 N–H and O–H groups in total. The predicted molar refractivity (Wildman–Crippen MR) is 75.1 cm³/mol. The van der Waals surface area contributed by atoms with E-state index in [4.69, 9.17) is 4.74 Å². The average molecular weight is 305 g/mol. The first-order chi connectivity index (χ1) is 7.83. The minimum Gasteiger partial charge on any atom is -0.376 e. The van der Waals surface area contributed by atoms with Gasteiger partial charge in [0.2, 0.25) is 0 Å². The normalized spacial score (nSPS) is 10.9. The molecular weight excluding hydrogens is 284 g/mol. The summed E-state index contributed by atoms with van der Waals surface area (Å²) in [6, 6.07) is 2.13. The first-order valence-corrected chi connectivity index (χ1v) is 7.81. The molecule has 0 atom stereocenters. The molecule has 92 valence electrons. The Morgan fingerprint density at radius 3 is 2.62 bits per heavy atom. The lowest BCUT2D eigenvalue weighted by Gasteiger charge is -2.02. The van der Waals surface area contributed by atoms with Crippen molar-refractivity contribution in [3.8, 4) is 0 Å². The number of hydrogen-bond acceptors (Lipinski definition) is 2. The van der Waals surface area contributed by atoms with Crippen LogP contribution in [0, 0.1) is 0 Å². The number of halogens is 1. The zero-order valence-electron chi connectivity index (χ0n) is 10.0. The second-order valence-electron chi connectivity index (χ2n) is 4.05. The second-order valence-corrected chi connectivity index (χ2v) is 5.96. The van der Waals surface area contributed by atoms with E-state index < -0.39 is 0 Å². The molecule has 0 aliphatic rings. The number of thiophene rings is 1. The van der Waals surface area contributed by atoms with Crippen molar-refractivity contribution in [1.29, 1.82) is 0 Å². The van der Waals surface area contributed by atoms with Gasteiger partial charge in [-0.3, -0.25) is 0 Å². The number of rotatable bonds is 9. The highest BCUT2D eigenvalue weighted by molar-refractivity contribution is 9.10. The van der Waals surface area contributed by atoms with Crippen molar-refractivity contribution in [3.63, 3.8) is 0 Å². The van der Waals surface area contributed by atoms with Crippen LogP contribution in [0.1, 0.15) is 50.3 Å². The topological polar surface area (TPSA) is 9.23 Å². The molecule has 1 heterocycles. The Balaban J connectivity index is 1.88. The lowest BCUT2D eigenvalue weighted by atomic mass is 10.1. The molecule has 1 rings (SSSR count). The van der Waals surface area contributed by atoms with Gasteiger partial charge in [0.15, 0.2) is 0 Å². The maximum Gasteiger partial charge on any atom is 0.0809 e. The molecule has 0 aliphatic carbocycles. The summed E-state index contributed by atoms with van der Waals surface area (Å²) in [4.78, 5) is 1.30. The van der Waals surface area contributed by atoms with Gasteiger partial charge in [0.1, 0.15) is 0 Å². The molecule has 0 saturated heterocycles. The Morgan fingerprint density at radius 2 is 1.94 bits per heavy atom. The van der Waals surface area contributed by atoms with Gasteiger partial charge in [-0.1, -0.05) is 39.0 Å². The van der Waals surface area contributed by atoms with Crippen LogP contribution in [0.3, 0.4) is 0 Å². The zero-order chi connectivity index (χ0) is 11.6. The molecule has 0 amide bonds. The van der Waals surface area contributed by atoms with Crippen LogP contribution >= 0.6 is 27.3 Å². The van der Waals surface area contributed by atoms with Crippen molar-refractivity contribution in [2.75, 3.05) is 6.61 Å². The predicted octanol–water partition coefficient (Wildman–Crippen LogP) is 5.39. The Labute approximate surface area is 111 Å². The first kappa shape index (κ1) is 14.2. The van der Waals surface area contributed by atoms with Crippen LogP contribution in [0.15, 0.2) is 15.9 Å². The van der Waals surface area contributed by atoms with Crippen molar-refractivity contribution < 1.29 is 4.74 Å². The van der Waals surface area contributed by atoms with Crippen molar-refractivity contribution in [2.45, 2.75) is 52.1 Å². The fourth-order valence-electron chi connectivity index (χ4n) is 1.59. The third-order valence-corrected chi connectivity index (χ3v) is 4.18. The molecule has 0 aliphatic heterocycles. The van der Waals surface area contributed by atoms with Crippen LogP contribution in [0.4, 0.5) is 0 Å². The third kappa shape index (κ3) is 6.66. The van der Waals surface area contributed by atoms with E-state index in [-0.39, 0.29) is 0 Å². The molecule has 1 aromatic rings. The van der Waals surface area contributed by atoms with Crippen LogP contribution in [0.5, 0.6) is 0 Å². The number of unbranched alkanes of at least 4 members (excludes halogenated alkanes) is 5. The van der Waals surface area contributed by atoms with Gasteiger partial charge in [0.05, 0.1) is 6.61 Å². The minimum absolute atomic E-state index is 0.769. The highest BCUT2D eigenvalue weighted by Crippen LogP contribution is 2.20. The summed E-state index contributed by atoms with van der Waals surface area (Å²) >= 11 is 5.20. The van der Waals surface area contributed by atoms with Gasteiger partial charge in [-0.25, -0.2) is 0 Å². The van der Waals surface area contributed by atoms with Gasteiger partial charge in [0, 0.05) is 21.3 Å². The molecule has 0 aromatic carbocycles. The Kier molecular flexibility index (Phi) is 8.17. The SMILES string of the molecule is CCCCCCCCOCc1cc(Br)cs1. The molecule has 0 fully saturated rings. The lowest BCUT2D eigenvalue weighted by molar-refractivity contribution is 0.118. The Morgan fingerprint density at radius 1 is 1.19 bits per heavy atom. The first-order valence-electron chi connectivity index (χ1n) is 6.13. The Hall–Kier alpha value is 0.140. The maximum absolute atomic E-state index is 5.63. The molecule has 0 saturated carbocycles. The van der Waals surface area contributed by atoms with E-state index in [1.165, 1.54) is 43.4 Å². The molecule has 16 heavy (non-hydrogen) atoms. The van der Waals surface area contributed by atoms with Crippen molar-refractivity contribution >= 4 is 27.3 Å². The highest BCUT2D eigenvalue weighted by atomic mass is 79.9. The minimum atomic E-state index is 0.769. The fraction of sp³-hybridized carbons (Fsp3) is 0.692. The van der Waals surface area contributed by atoms with E-state index in [0.29, 0.717) is 0 Å². The largest absolute Gasteiger partial charge is 0.376 e. The van der Waals surface area contributed by atoms with Crippen molar-refractivity contribution in [2.24, 2.45) is 0 Å². The maximum atomic E-state index is 5.63. The fourth-order valence-corrected chi connectivity index (χ4v) is 2.97. The van der Waals surface area contributed by atoms with Crippen LogP contribution in [0.2, 0.25) is 0 Å². The van der Waals surface area contributed by atoms with E-state index >= 15 is 0 Å². The monoisotopic (exact) mass is 304 g/mol. The van der Waals surface area contributed by atoms with Crippen LogP contribution in [-0.2, 0) is 11.3 Å². The molecule has 1 nitrogen and oxygen atoms in total. The second kappa shape index (κ2) is 9.20. The van der Waals surface area contributed by atoms with Gasteiger partial charge >= 0.3 is 0 Å². The van der Waals surface area contributed by atoms with Crippen LogP contribution in [-0.4, -0.2) is 6.61 Å². The standard InChI is InChI=1S/C13H21BrOS/c1-2-3-4-5-6-7-8-15-10-13-9-12(14)11-16-13/h9,11H,2-8,10H2,1H3. The molecular formula is C13H21BrOS. The quantitative estimate of drug-likeness (QED) is 0.556. The van der Waals surface area contributed by atoms with Crippen molar-refractivity contribution in [1.82, 2.24) is 0 Å². The zero-order valence-corrected chi connectivity index (χ0v) is 12.4. The van der Waals surface area contributed by atoms with Crippen LogP contribution < -0.4 is 0 Å². The van der Waals surface area contributed by atoms with Gasteiger partial charge in [-0.05, 0) is 28.4 Å².